The molecule has 0 bridgehead atoms. The molecule has 0 saturated carbocycles. The minimum Gasteiger partial charge on any atom is -0.490 e. The van der Waals surface area contributed by atoms with E-state index in [0.717, 1.165) is 29.8 Å². The molecule has 3 heterocycles. The number of nitrogens with zero attached hydrogens (tertiary/aromatic N) is 6. The van der Waals surface area contributed by atoms with Gasteiger partial charge in [-0.15, -0.1) is 0 Å². The zero-order valence-corrected chi connectivity index (χ0v) is 30.9. The molecule has 51 heavy (non-hydrogen) atoms. The first-order valence-electron chi connectivity index (χ1n) is 17.0. The monoisotopic (exact) mass is 704 g/mol. The van der Waals surface area contributed by atoms with Crippen molar-refractivity contribution in [3.8, 4) is 5.75 Å². The number of ether oxygens (including phenoxy) is 3. The van der Waals surface area contributed by atoms with Crippen molar-refractivity contribution < 1.29 is 32.4 Å². The molecule has 4 rings (SSSR count). The number of carbonyl (C=O) groups is 1. The van der Waals surface area contributed by atoms with E-state index in [0.29, 0.717) is 53.8 Å². The molecule has 1 amide bonds. The summed E-state index contributed by atoms with van der Waals surface area (Å²) >= 11 is 0. The van der Waals surface area contributed by atoms with Gasteiger partial charge >= 0.3 is 6.09 Å². The van der Waals surface area contributed by atoms with Crippen LogP contribution in [-0.4, -0.2) is 75.3 Å². The lowest BCUT2D eigenvalue weighted by molar-refractivity contribution is -0.473. The number of anilines is 2. The Kier molecular flexibility index (Phi) is 12.9. The molecule has 0 saturated heterocycles. The number of rotatable bonds is 10. The van der Waals surface area contributed by atoms with Crippen LogP contribution in [0.4, 0.5) is 25.1 Å². The maximum absolute atomic E-state index is 15.7. The molecule has 0 atom stereocenters. The molecule has 0 unspecified atom stereocenters. The van der Waals surface area contributed by atoms with Gasteiger partial charge in [0, 0.05) is 30.6 Å². The van der Waals surface area contributed by atoms with Crippen molar-refractivity contribution in [1.82, 2.24) is 19.9 Å². The summed E-state index contributed by atoms with van der Waals surface area (Å²) in [5.74, 6) is -0.864. The molecule has 0 spiro atoms. The summed E-state index contributed by atoms with van der Waals surface area (Å²) in [6.07, 6.45) is 14.8. The van der Waals surface area contributed by atoms with E-state index in [1.165, 1.54) is 13.4 Å². The normalized spacial score (nSPS) is 17.3. The van der Waals surface area contributed by atoms with E-state index < -0.39 is 17.2 Å². The number of hydrogen-bond donors (Lipinski definition) is 1. The lowest BCUT2D eigenvalue weighted by Gasteiger charge is -2.27. The number of hydrogen-bond acceptors (Lipinski definition) is 9. The minimum atomic E-state index is -0.780. The highest BCUT2D eigenvalue weighted by Crippen LogP contribution is 2.30. The average Bonchev–Trinajstić information content (AvgIpc) is 3.10. The SMILES string of the molecule is C/C=N\N1C=CC(Oc2cc(F)c(Nc3ncnc(=C/C)/c3=C(OC)\C(=C\CC)[N+]3=CCN(C(=O)OC(C)(C)C)CC3)cc2F)=CC1=C(C)CC. The topological polar surface area (TPSA) is 104 Å². The van der Waals surface area contributed by atoms with Gasteiger partial charge in [0.15, 0.2) is 30.1 Å². The molecule has 2 aliphatic rings. The van der Waals surface area contributed by atoms with E-state index in [-0.39, 0.29) is 23.3 Å². The van der Waals surface area contributed by atoms with Gasteiger partial charge in [-0.1, -0.05) is 19.9 Å². The summed E-state index contributed by atoms with van der Waals surface area (Å²) < 4.78 is 50.7. The second-order valence-electron chi connectivity index (χ2n) is 12.7. The minimum absolute atomic E-state index is 0.157. The van der Waals surface area contributed by atoms with Crippen molar-refractivity contribution in [1.29, 1.82) is 0 Å². The van der Waals surface area contributed by atoms with Gasteiger partial charge in [-0.2, -0.15) is 9.68 Å². The zero-order valence-electron chi connectivity index (χ0n) is 30.9. The van der Waals surface area contributed by atoms with E-state index in [9.17, 15) is 4.79 Å². The first kappa shape index (κ1) is 38.5. The number of benzene rings is 1. The molecule has 0 fully saturated rings. The lowest BCUT2D eigenvalue weighted by Crippen LogP contribution is -2.45. The molecule has 1 aromatic heterocycles. The quantitative estimate of drug-likeness (QED) is 0.222. The van der Waals surface area contributed by atoms with Crippen LogP contribution in [0.15, 0.2) is 70.7 Å². The fourth-order valence-corrected chi connectivity index (χ4v) is 5.34. The Hall–Kier alpha value is -5.33. The standard InChI is InChI=1S/C38H48F2N7O4/c1-10-14-31(45-17-19-46(20-18-45)37(48)51-38(6,7)8)35(49-9)34-29(12-3)41-24-42-36(34)44-30-22-28(40)33(23-27(30)39)50-26-15-16-47(43-13-4)32(21-26)25(5)11-2/h12-17,21-24H,10-11,18-20H2,1-9H3,(H,41,42,44)/q+1/b29-12+,31-14-,32-25?,35-34-,43-13-. The van der Waals surface area contributed by atoms with Crippen LogP contribution in [0.3, 0.4) is 0 Å². The highest BCUT2D eigenvalue weighted by Gasteiger charge is 2.30. The number of nitrogens with one attached hydrogen (secondary N) is 1. The van der Waals surface area contributed by atoms with Crippen LogP contribution in [0.1, 0.15) is 68.2 Å². The third-order valence-corrected chi connectivity index (χ3v) is 7.92. The number of methoxy groups -OCH3 is 1. The third-order valence-electron chi connectivity index (χ3n) is 7.92. The van der Waals surface area contributed by atoms with Crippen LogP contribution in [0, 0.1) is 11.6 Å². The number of halogens is 2. The highest BCUT2D eigenvalue weighted by molar-refractivity contribution is 5.73. The van der Waals surface area contributed by atoms with Gasteiger partial charge in [0.25, 0.3) is 0 Å². The molecule has 13 heteroatoms. The van der Waals surface area contributed by atoms with Crippen molar-refractivity contribution in [2.75, 3.05) is 32.1 Å². The Morgan fingerprint density at radius 2 is 1.92 bits per heavy atom. The average molecular weight is 705 g/mol. The Labute approximate surface area is 298 Å². The Morgan fingerprint density at radius 3 is 2.53 bits per heavy atom. The summed E-state index contributed by atoms with van der Waals surface area (Å²) in [6.45, 7) is 16.3. The van der Waals surface area contributed by atoms with Gasteiger partial charge in [0.2, 0.25) is 11.5 Å². The predicted octanol–water partition coefficient (Wildman–Crippen LogP) is 6.46. The number of allylic oxidation sites excluding steroid dienone is 4. The molecule has 272 valence electrons. The van der Waals surface area contributed by atoms with Gasteiger partial charge in [-0.25, -0.2) is 28.6 Å². The van der Waals surface area contributed by atoms with Crippen molar-refractivity contribution >= 4 is 41.9 Å². The molecular formula is C38H48F2N7O4+. The van der Waals surface area contributed by atoms with E-state index in [1.54, 1.807) is 40.6 Å². The van der Waals surface area contributed by atoms with E-state index in [2.05, 4.69) is 20.4 Å². The maximum Gasteiger partial charge on any atom is 0.411 e. The smallest absolute Gasteiger partial charge is 0.411 e. The molecule has 2 aromatic rings. The molecule has 0 radical (unpaired) electrons. The first-order valence-corrected chi connectivity index (χ1v) is 17.0. The number of hydrazone groups is 1. The van der Waals surface area contributed by atoms with Crippen LogP contribution in [0.5, 0.6) is 5.75 Å². The van der Waals surface area contributed by atoms with Crippen LogP contribution >= 0.6 is 0 Å². The highest BCUT2D eigenvalue weighted by atomic mass is 19.1. The number of aromatic nitrogens is 2. The second kappa shape index (κ2) is 17.1. The van der Waals surface area contributed by atoms with Crippen molar-refractivity contribution in [2.24, 2.45) is 5.10 Å². The summed E-state index contributed by atoms with van der Waals surface area (Å²) in [6, 6.07) is 2.02. The van der Waals surface area contributed by atoms with Crippen LogP contribution < -0.4 is 20.6 Å². The number of amides is 1. The van der Waals surface area contributed by atoms with Gasteiger partial charge in [0.05, 0.1) is 35.6 Å². The van der Waals surface area contributed by atoms with Crippen molar-refractivity contribution in [3.63, 3.8) is 0 Å². The van der Waals surface area contributed by atoms with Gasteiger partial charge < -0.3 is 19.5 Å². The summed E-state index contributed by atoms with van der Waals surface area (Å²) in [7, 11) is 1.53. The Bertz CT molecular complexity index is 1940. The molecular weight excluding hydrogens is 656 g/mol. The molecule has 11 nitrogen and oxygen atoms in total. The van der Waals surface area contributed by atoms with Gasteiger partial charge in [0.1, 0.15) is 30.1 Å². The third kappa shape index (κ3) is 9.47. The molecule has 1 N–H and O–H groups in total. The Balaban J connectivity index is 1.71. The number of carbonyl (C=O) groups excluding carboxylic acids is 1. The largest absolute Gasteiger partial charge is 0.490 e. The second-order valence-corrected chi connectivity index (χ2v) is 12.7. The maximum atomic E-state index is 15.7. The van der Waals surface area contributed by atoms with Crippen LogP contribution in [0.2, 0.25) is 0 Å². The Morgan fingerprint density at radius 1 is 1.16 bits per heavy atom. The summed E-state index contributed by atoms with van der Waals surface area (Å²) in [4.78, 5) is 23.2. The predicted molar refractivity (Wildman–Crippen MR) is 196 cm³/mol. The van der Waals surface area contributed by atoms with E-state index in [4.69, 9.17) is 14.2 Å². The van der Waals surface area contributed by atoms with Crippen molar-refractivity contribution in [2.45, 2.75) is 73.8 Å². The van der Waals surface area contributed by atoms with E-state index >= 15 is 8.78 Å². The van der Waals surface area contributed by atoms with E-state index in [1.807, 2.05) is 72.3 Å². The summed E-state index contributed by atoms with van der Waals surface area (Å²) in [5, 5.41) is 9.97. The molecule has 0 aliphatic carbocycles. The van der Waals surface area contributed by atoms with Crippen molar-refractivity contribution in [3.05, 3.63) is 87.8 Å². The van der Waals surface area contributed by atoms with Crippen LogP contribution in [-0.2, 0) is 9.47 Å². The molecule has 1 aromatic carbocycles. The van der Waals surface area contributed by atoms with Gasteiger partial charge in [-0.05, 0) is 72.1 Å². The molecule has 2 aliphatic heterocycles. The fraction of sp³-hybridized carbons (Fsp3) is 0.395. The fourth-order valence-electron chi connectivity index (χ4n) is 5.34. The zero-order chi connectivity index (χ0) is 37.3. The van der Waals surface area contributed by atoms with Gasteiger partial charge in [-0.3, -0.25) is 4.90 Å². The summed E-state index contributed by atoms with van der Waals surface area (Å²) in [5.41, 5.74) is 1.78. The van der Waals surface area contributed by atoms with Crippen LogP contribution in [0.25, 0.3) is 11.8 Å². The first-order chi connectivity index (χ1) is 24.3. The lowest BCUT2D eigenvalue weighted by atomic mass is 10.1.